The molecule has 0 unspecified atom stereocenters. The van der Waals surface area contributed by atoms with Crippen LogP contribution in [0.2, 0.25) is 5.02 Å². The fourth-order valence-corrected chi connectivity index (χ4v) is 3.61. The number of carbonyl (C=O) groups excluding carboxylic acids is 1. The van der Waals surface area contributed by atoms with Gasteiger partial charge in [0.1, 0.15) is 10.8 Å². The molecule has 2 aromatic rings. The summed E-state index contributed by atoms with van der Waals surface area (Å²) in [6.07, 6.45) is -3.68. The van der Waals surface area contributed by atoms with Crippen molar-refractivity contribution < 1.29 is 31.1 Å². The summed E-state index contributed by atoms with van der Waals surface area (Å²) in [5.41, 5.74) is -1.61. The van der Waals surface area contributed by atoms with Gasteiger partial charge in [-0.1, -0.05) is 11.6 Å². The minimum absolute atomic E-state index is 0.0872. The molecule has 0 aliphatic carbocycles. The third-order valence-electron chi connectivity index (χ3n) is 2.99. The van der Waals surface area contributed by atoms with Crippen LogP contribution in [0.25, 0.3) is 0 Å². The van der Waals surface area contributed by atoms with E-state index in [4.69, 9.17) is 16.3 Å². The van der Waals surface area contributed by atoms with Gasteiger partial charge in [0.05, 0.1) is 11.3 Å². The van der Waals surface area contributed by atoms with Gasteiger partial charge in [0.2, 0.25) is 6.41 Å². The fourth-order valence-electron chi connectivity index (χ4n) is 2.06. The summed E-state index contributed by atoms with van der Waals surface area (Å²) in [6, 6.07) is 2.61. The van der Waals surface area contributed by atoms with Crippen LogP contribution in [0.1, 0.15) is 5.56 Å². The van der Waals surface area contributed by atoms with Crippen LogP contribution >= 0.6 is 11.6 Å². The SMILES string of the molecule is Cn1nc(Oc2ccc(C(F)(F)F)c(NC=O)c2)c(Cl)c1S(C)(=O)=O. The van der Waals surface area contributed by atoms with Gasteiger partial charge in [0.25, 0.3) is 5.88 Å². The van der Waals surface area contributed by atoms with Gasteiger partial charge in [-0.2, -0.15) is 13.2 Å². The lowest BCUT2D eigenvalue weighted by Gasteiger charge is -2.13. The predicted molar refractivity (Wildman–Crippen MR) is 82.5 cm³/mol. The highest BCUT2D eigenvalue weighted by molar-refractivity contribution is 7.90. The van der Waals surface area contributed by atoms with Crippen molar-refractivity contribution in [2.24, 2.45) is 7.05 Å². The first kappa shape index (κ1) is 19.1. The molecule has 0 atom stereocenters. The minimum atomic E-state index is -4.68. The number of ether oxygens (including phenoxy) is 1. The number of nitrogens with zero attached hydrogens (tertiary/aromatic N) is 2. The number of halogens is 4. The number of carbonyl (C=O) groups is 1. The summed E-state index contributed by atoms with van der Waals surface area (Å²) >= 11 is 5.93. The Kier molecular flexibility index (Phi) is 5.00. The number of rotatable bonds is 5. The lowest BCUT2D eigenvalue weighted by molar-refractivity contribution is -0.136. The summed E-state index contributed by atoms with van der Waals surface area (Å²) in [6.45, 7) is 0. The van der Waals surface area contributed by atoms with Crippen molar-refractivity contribution in [3.05, 3.63) is 28.8 Å². The Labute approximate surface area is 145 Å². The topological polar surface area (TPSA) is 90.3 Å². The lowest BCUT2D eigenvalue weighted by atomic mass is 10.1. The molecule has 136 valence electrons. The van der Waals surface area contributed by atoms with E-state index in [9.17, 15) is 26.4 Å². The van der Waals surface area contributed by atoms with E-state index >= 15 is 0 Å². The first-order valence-corrected chi connectivity index (χ1v) is 8.74. The van der Waals surface area contributed by atoms with Crippen LogP contribution in [0.3, 0.4) is 0 Å². The molecule has 1 N–H and O–H groups in total. The molecule has 1 aromatic carbocycles. The first-order valence-electron chi connectivity index (χ1n) is 6.47. The van der Waals surface area contributed by atoms with Gasteiger partial charge in [-0.15, -0.1) is 5.10 Å². The van der Waals surface area contributed by atoms with Crippen LogP contribution < -0.4 is 10.1 Å². The van der Waals surface area contributed by atoms with Crippen molar-refractivity contribution in [2.45, 2.75) is 11.2 Å². The van der Waals surface area contributed by atoms with E-state index in [0.717, 1.165) is 23.1 Å². The van der Waals surface area contributed by atoms with E-state index in [2.05, 4.69) is 5.10 Å². The Morgan fingerprint density at radius 2 is 2.00 bits per heavy atom. The number of sulfone groups is 1. The Hall–Kier alpha value is -2.27. The maximum Gasteiger partial charge on any atom is 0.418 e. The number of anilines is 1. The van der Waals surface area contributed by atoms with Crippen LogP contribution in [0.5, 0.6) is 11.6 Å². The van der Waals surface area contributed by atoms with Gasteiger partial charge in [-0.3, -0.25) is 9.48 Å². The number of hydrogen-bond donors (Lipinski definition) is 1. The van der Waals surface area contributed by atoms with Crippen LogP contribution in [0, 0.1) is 0 Å². The molecular weight excluding hydrogens is 387 g/mol. The maximum absolute atomic E-state index is 12.9. The second kappa shape index (κ2) is 6.56. The molecular formula is C13H11ClF3N3O4S. The van der Waals surface area contributed by atoms with Crippen LogP contribution in [-0.2, 0) is 27.9 Å². The van der Waals surface area contributed by atoms with Gasteiger partial charge in [0, 0.05) is 19.4 Å². The van der Waals surface area contributed by atoms with Crippen LogP contribution in [-0.4, -0.2) is 30.9 Å². The van der Waals surface area contributed by atoms with Crippen molar-refractivity contribution in [2.75, 3.05) is 11.6 Å². The predicted octanol–water partition coefficient (Wildman–Crippen LogP) is 2.86. The smallest absolute Gasteiger partial charge is 0.418 e. The zero-order valence-electron chi connectivity index (χ0n) is 12.8. The highest BCUT2D eigenvalue weighted by Gasteiger charge is 2.34. The number of aryl methyl sites for hydroxylation is 1. The number of nitrogens with one attached hydrogen (secondary N) is 1. The average molecular weight is 398 g/mol. The maximum atomic E-state index is 12.9. The van der Waals surface area contributed by atoms with Crippen molar-refractivity contribution in [1.82, 2.24) is 9.78 Å². The Bertz CT molecular complexity index is 925. The van der Waals surface area contributed by atoms with E-state index < -0.39 is 27.3 Å². The number of amides is 1. The van der Waals surface area contributed by atoms with Gasteiger partial charge >= 0.3 is 6.18 Å². The molecule has 2 rings (SSSR count). The molecule has 0 radical (unpaired) electrons. The second-order valence-corrected chi connectivity index (χ2v) is 7.20. The number of hydrogen-bond acceptors (Lipinski definition) is 5. The van der Waals surface area contributed by atoms with Gasteiger partial charge < -0.3 is 10.1 Å². The molecule has 7 nitrogen and oxygen atoms in total. The molecule has 0 saturated carbocycles. The molecule has 25 heavy (non-hydrogen) atoms. The molecule has 0 bridgehead atoms. The molecule has 1 amide bonds. The van der Waals surface area contributed by atoms with Gasteiger partial charge in [0.15, 0.2) is 14.9 Å². The molecule has 1 heterocycles. The molecule has 12 heteroatoms. The quantitative estimate of drug-likeness (QED) is 0.783. The summed E-state index contributed by atoms with van der Waals surface area (Å²) in [5, 5.41) is 5.11. The number of alkyl halides is 3. The third kappa shape index (κ3) is 4.04. The van der Waals surface area contributed by atoms with Crippen LogP contribution in [0.4, 0.5) is 18.9 Å². The Balaban J connectivity index is 2.45. The highest BCUT2D eigenvalue weighted by Crippen LogP contribution is 2.39. The van der Waals surface area contributed by atoms with Crippen molar-refractivity contribution in [3.8, 4) is 11.6 Å². The zero-order valence-corrected chi connectivity index (χ0v) is 14.3. The standard InChI is InChI=1S/C13H11ClF3N3O4S/c1-20-12(25(2,22)23)10(14)11(19-20)24-7-3-4-8(13(15,16)17)9(5-7)18-6-21/h3-6H,1-2H3,(H,18,21). The van der Waals surface area contributed by atoms with Crippen molar-refractivity contribution in [1.29, 1.82) is 0 Å². The normalized spacial score (nSPS) is 12.1. The molecule has 0 aliphatic rings. The van der Waals surface area contributed by atoms with E-state index in [1.54, 1.807) is 0 Å². The number of benzene rings is 1. The third-order valence-corrected chi connectivity index (χ3v) is 4.61. The second-order valence-electron chi connectivity index (χ2n) is 4.89. The van der Waals surface area contributed by atoms with E-state index in [0.29, 0.717) is 6.07 Å². The largest absolute Gasteiger partial charge is 0.436 e. The monoisotopic (exact) mass is 397 g/mol. The van der Waals surface area contributed by atoms with E-state index in [-0.39, 0.29) is 28.1 Å². The minimum Gasteiger partial charge on any atom is -0.436 e. The average Bonchev–Trinajstić information content (AvgIpc) is 2.72. The van der Waals surface area contributed by atoms with Crippen molar-refractivity contribution >= 4 is 33.5 Å². The molecule has 0 aliphatic heterocycles. The summed E-state index contributed by atoms with van der Waals surface area (Å²) < 4.78 is 68.2. The van der Waals surface area contributed by atoms with E-state index in [1.807, 2.05) is 5.32 Å². The van der Waals surface area contributed by atoms with Crippen LogP contribution in [0.15, 0.2) is 23.2 Å². The van der Waals surface area contributed by atoms with Gasteiger partial charge in [-0.05, 0) is 12.1 Å². The van der Waals surface area contributed by atoms with E-state index in [1.165, 1.54) is 7.05 Å². The van der Waals surface area contributed by atoms with Crippen molar-refractivity contribution in [3.63, 3.8) is 0 Å². The summed E-state index contributed by atoms with van der Waals surface area (Å²) in [5.74, 6) is -0.432. The molecule has 0 fully saturated rings. The van der Waals surface area contributed by atoms with Gasteiger partial charge in [-0.25, -0.2) is 8.42 Å². The Morgan fingerprint density at radius 3 is 2.48 bits per heavy atom. The first-order chi connectivity index (χ1) is 11.4. The Morgan fingerprint density at radius 1 is 1.36 bits per heavy atom. The molecule has 0 saturated heterocycles. The summed E-state index contributed by atoms with van der Waals surface area (Å²) in [7, 11) is -2.38. The highest BCUT2D eigenvalue weighted by atomic mass is 35.5. The zero-order chi connectivity index (χ0) is 19.0. The number of aromatic nitrogens is 2. The molecule has 0 spiro atoms. The lowest BCUT2D eigenvalue weighted by Crippen LogP contribution is -2.10. The molecule has 1 aromatic heterocycles. The summed E-state index contributed by atoms with van der Waals surface area (Å²) in [4.78, 5) is 10.5. The fraction of sp³-hybridized carbons (Fsp3) is 0.231.